The average Bonchev–Trinajstić information content (AvgIpc) is 2.43. The third-order valence-corrected chi connectivity index (χ3v) is 4.29. The Kier molecular flexibility index (Phi) is 4.04. The highest BCUT2D eigenvalue weighted by Gasteiger charge is 2.20. The fraction of sp³-hybridized carbons (Fsp3) is 0.143. The standard InChI is InChI=1S/C14H15FN2O3S/c1-9-3-6-12(13(7-9)20-2)17-21(18,19)14-8-10(15)4-5-11(14)16/h3-8,17H,16H2,1-2H3. The van der Waals surface area contributed by atoms with Crippen LogP contribution >= 0.6 is 0 Å². The van der Waals surface area contributed by atoms with Gasteiger partial charge in [-0.1, -0.05) is 6.07 Å². The monoisotopic (exact) mass is 310 g/mol. The van der Waals surface area contributed by atoms with Gasteiger partial charge in [0.05, 0.1) is 18.5 Å². The zero-order chi connectivity index (χ0) is 15.6. The molecule has 0 aliphatic carbocycles. The highest BCUT2D eigenvalue weighted by molar-refractivity contribution is 7.92. The Morgan fingerprint density at radius 3 is 2.57 bits per heavy atom. The van der Waals surface area contributed by atoms with Crippen molar-refractivity contribution in [3.05, 3.63) is 47.8 Å². The van der Waals surface area contributed by atoms with Crippen molar-refractivity contribution in [3.8, 4) is 5.75 Å². The molecule has 0 aliphatic heterocycles. The molecule has 0 heterocycles. The van der Waals surface area contributed by atoms with Crippen LogP contribution in [0.1, 0.15) is 5.56 Å². The van der Waals surface area contributed by atoms with Crippen LogP contribution in [0.5, 0.6) is 5.75 Å². The van der Waals surface area contributed by atoms with Gasteiger partial charge in [0.2, 0.25) is 0 Å². The third kappa shape index (κ3) is 3.25. The van der Waals surface area contributed by atoms with E-state index in [1.54, 1.807) is 18.2 Å². The molecule has 0 fully saturated rings. The summed E-state index contributed by atoms with van der Waals surface area (Å²) in [7, 11) is -2.57. The first-order valence-electron chi connectivity index (χ1n) is 6.06. The third-order valence-electron chi connectivity index (χ3n) is 2.87. The second-order valence-corrected chi connectivity index (χ2v) is 6.14. The number of benzene rings is 2. The van der Waals surface area contributed by atoms with Gasteiger partial charge in [0, 0.05) is 0 Å². The number of methoxy groups -OCH3 is 1. The molecule has 3 N–H and O–H groups in total. The summed E-state index contributed by atoms with van der Waals surface area (Å²) in [6, 6.07) is 8.17. The van der Waals surface area contributed by atoms with E-state index in [4.69, 9.17) is 10.5 Å². The summed E-state index contributed by atoms with van der Waals surface area (Å²) in [4.78, 5) is -0.315. The number of aryl methyl sites for hydroxylation is 1. The molecule has 0 aliphatic rings. The first-order valence-corrected chi connectivity index (χ1v) is 7.54. The Hall–Kier alpha value is -2.28. The molecule has 2 aromatic rings. The molecule has 0 atom stereocenters. The van der Waals surface area contributed by atoms with Gasteiger partial charge in [-0.25, -0.2) is 12.8 Å². The molecule has 5 nitrogen and oxygen atoms in total. The number of nitrogen functional groups attached to an aromatic ring is 1. The van der Waals surface area contributed by atoms with Gasteiger partial charge in [0.25, 0.3) is 10.0 Å². The molecule has 7 heteroatoms. The van der Waals surface area contributed by atoms with E-state index in [2.05, 4.69) is 4.72 Å². The molecule has 0 saturated heterocycles. The molecule has 2 rings (SSSR count). The molecule has 2 aromatic carbocycles. The zero-order valence-electron chi connectivity index (χ0n) is 11.6. The number of hydrogen-bond acceptors (Lipinski definition) is 4. The van der Waals surface area contributed by atoms with Crippen LogP contribution in [0.4, 0.5) is 15.8 Å². The Bertz CT molecular complexity index is 776. The van der Waals surface area contributed by atoms with Crippen LogP contribution in [0.25, 0.3) is 0 Å². The summed E-state index contributed by atoms with van der Waals surface area (Å²) in [6.45, 7) is 1.85. The quantitative estimate of drug-likeness (QED) is 0.850. The number of anilines is 2. The number of sulfonamides is 1. The number of nitrogens with two attached hydrogens (primary N) is 1. The van der Waals surface area contributed by atoms with E-state index in [0.717, 1.165) is 17.7 Å². The minimum Gasteiger partial charge on any atom is -0.495 e. The molecule has 0 unspecified atom stereocenters. The predicted octanol–water partition coefficient (Wildman–Crippen LogP) is 2.53. The van der Waals surface area contributed by atoms with Crippen molar-refractivity contribution >= 4 is 21.4 Å². The van der Waals surface area contributed by atoms with Crippen molar-refractivity contribution in [2.45, 2.75) is 11.8 Å². The minimum absolute atomic E-state index is 0.0324. The molecular formula is C14H15FN2O3S. The second-order valence-electron chi connectivity index (χ2n) is 4.49. The lowest BCUT2D eigenvalue weighted by Gasteiger charge is -2.13. The first kappa shape index (κ1) is 15.1. The lowest BCUT2D eigenvalue weighted by atomic mass is 10.2. The maximum absolute atomic E-state index is 13.2. The fourth-order valence-electron chi connectivity index (χ4n) is 1.82. The normalized spacial score (nSPS) is 11.2. The van der Waals surface area contributed by atoms with E-state index >= 15 is 0 Å². The van der Waals surface area contributed by atoms with Crippen LogP contribution in [0.3, 0.4) is 0 Å². The van der Waals surface area contributed by atoms with Gasteiger partial charge in [0.1, 0.15) is 16.5 Å². The smallest absolute Gasteiger partial charge is 0.264 e. The number of hydrogen-bond donors (Lipinski definition) is 2. The van der Waals surface area contributed by atoms with E-state index in [1.165, 1.54) is 13.2 Å². The van der Waals surface area contributed by atoms with Gasteiger partial charge in [-0.2, -0.15) is 0 Å². The molecular weight excluding hydrogens is 295 g/mol. The molecule has 112 valence electrons. The summed E-state index contributed by atoms with van der Waals surface area (Å²) >= 11 is 0. The molecule has 21 heavy (non-hydrogen) atoms. The SMILES string of the molecule is COc1cc(C)ccc1NS(=O)(=O)c1cc(F)ccc1N. The lowest BCUT2D eigenvalue weighted by Crippen LogP contribution is -2.15. The van der Waals surface area contributed by atoms with Gasteiger partial charge in [-0.05, 0) is 42.8 Å². The summed E-state index contributed by atoms with van der Waals surface area (Å²) in [5.41, 5.74) is 6.75. The summed E-state index contributed by atoms with van der Waals surface area (Å²) in [5.74, 6) is -0.311. The Morgan fingerprint density at radius 1 is 1.19 bits per heavy atom. The van der Waals surface area contributed by atoms with Gasteiger partial charge >= 0.3 is 0 Å². The van der Waals surface area contributed by atoms with Gasteiger partial charge in [-0.15, -0.1) is 0 Å². The number of ether oxygens (including phenoxy) is 1. The van der Waals surface area contributed by atoms with E-state index < -0.39 is 15.8 Å². The predicted molar refractivity (Wildman–Crippen MR) is 79.4 cm³/mol. The van der Waals surface area contributed by atoms with E-state index in [9.17, 15) is 12.8 Å². The van der Waals surface area contributed by atoms with Crippen LogP contribution in [-0.2, 0) is 10.0 Å². The van der Waals surface area contributed by atoms with Crippen LogP contribution in [0.2, 0.25) is 0 Å². The number of halogens is 1. The van der Waals surface area contributed by atoms with Gasteiger partial charge in [-0.3, -0.25) is 4.72 Å². The fourth-order valence-corrected chi connectivity index (χ4v) is 3.04. The van der Waals surface area contributed by atoms with Crippen molar-refractivity contribution in [1.29, 1.82) is 0 Å². The molecule has 0 bridgehead atoms. The molecule has 0 amide bonds. The van der Waals surface area contributed by atoms with Crippen molar-refractivity contribution in [3.63, 3.8) is 0 Å². The number of nitrogens with one attached hydrogen (secondary N) is 1. The molecule has 0 aromatic heterocycles. The highest BCUT2D eigenvalue weighted by Crippen LogP contribution is 2.29. The molecule has 0 saturated carbocycles. The number of rotatable bonds is 4. The molecule has 0 radical (unpaired) electrons. The van der Waals surface area contributed by atoms with Crippen molar-refractivity contribution in [1.82, 2.24) is 0 Å². The summed E-state index contributed by atoms with van der Waals surface area (Å²) in [5, 5.41) is 0. The van der Waals surface area contributed by atoms with Crippen LogP contribution in [0.15, 0.2) is 41.3 Å². The minimum atomic E-state index is -4.01. The maximum atomic E-state index is 13.2. The van der Waals surface area contributed by atoms with Crippen LogP contribution in [-0.4, -0.2) is 15.5 Å². The summed E-state index contributed by atoms with van der Waals surface area (Å²) in [6.07, 6.45) is 0. The summed E-state index contributed by atoms with van der Waals surface area (Å²) < 4.78 is 45.4. The van der Waals surface area contributed by atoms with Crippen molar-refractivity contribution in [2.75, 3.05) is 17.6 Å². The average molecular weight is 310 g/mol. The van der Waals surface area contributed by atoms with Crippen molar-refractivity contribution in [2.24, 2.45) is 0 Å². The molecule has 0 spiro atoms. The first-order chi connectivity index (χ1) is 9.83. The second kappa shape index (κ2) is 5.61. The van der Waals surface area contributed by atoms with Crippen LogP contribution in [0, 0.1) is 12.7 Å². The lowest BCUT2D eigenvalue weighted by molar-refractivity contribution is 0.416. The Labute approximate surface area is 122 Å². The van der Waals surface area contributed by atoms with Crippen molar-refractivity contribution < 1.29 is 17.5 Å². The van der Waals surface area contributed by atoms with E-state index in [-0.39, 0.29) is 16.3 Å². The van der Waals surface area contributed by atoms with Crippen LogP contribution < -0.4 is 15.2 Å². The van der Waals surface area contributed by atoms with Gasteiger partial charge in [0.15, 0.2) is 0 Å². The van der Waals surface area contributed by atoms with E-state index in [1.807, 2.05) is 6.92 Å². The van der Waals surface area contributed by atoms with Gasteiger partial charge < -0.3 is 10.5 Å². The largest absolute Gasteiger partial charge is 0.495 e. The maximum Gasteiger partial charge on any atom is 0.264 e. The Morgan fingerprint density at radius 2 is 1.90 bits per heavy atom. The topological polar surface area (TPSA) is 81.4 Å². The zero-order valence-corrected chi connectivity index (χ0v) is 12.4. The van der Waals surface area contributed by atoms with E-state index in [0.29, 0.717) is 5.75 Å². The highest BCUT2D eigenvalue weighted by atomic mass is 32.2. The Balaban J connectivity index is 2.45.